The average Bonchev–Trinajstić information content (AvgIpc) is 3.13. The first-order chi connectivity index (χ1) is 14.7. The van der Waals surface area contributed by atoms with Crippen molar-refractivity contribution in [3.05, 3.63) is 35.1 Å². The Labute approximate surface area is 187 Å². The van der Waals surface area contributed by atoms with E-state index in [2.05, 4.69) is 39.0 Å². The summed E-state index contributed by atoms with van der Waals surface area (Å²) in [5, 5.41) is 27.0. The molecule has 2 aromatic heterocycles. The average molecular weight is 447 g/mol. The lowest BCUT2D eigenvalue weighted by Crippen LogP contribution is -2.23. The van der Waals surface area contributed by atoms with Gasteiger partial charge in [0.05, 0.1) is 17.0 Å². The number of hydrogen-bond donors (Lipinski definition) is 4. The van der Waals surface area contributed by atoms with Crippen molar-refractivity contribution in [2.75, 3.05) is 17.2 Å². The van der Waals surface area contributed by atoms with E-state index in [1.807, 2.05) is 0 Å². The summed E-state index contributed by atoms with van der Waals surface area (Å²) in [4.78, 5) is 13.9. The first kappa shape index (κ1) is 23.1. The third-order valence-electron chi connectivity index (χ3n) is 5.29. The van der Waals surface area contributed by atoms with Crippen LogP contribution < -0.4 is 10.6 Å². The topological polar surface area (TPSA) is 108 Å². The monoisotopic (exact) mass is 446 g/mol. The van der Waals surface area contributed by atoms with Gasteiger partial charge in [-0.05, 0) is 39.2 Å². The van der Waals surface area contributed by atoms with Gasteiger partial charge in [0.1, 0.15) is 5.75 Å². The fourth-order valence-electron chi connectivity index (χ4n) is 3.43. The lowest BCUT2D eigenvalue weighted by Gasteiger charge is -2.18. The molecule has 168 valence electrons. The van der Waals surface area contributed by atoms with E-state index in [1.54, 1.807) is 38.4 Å². The van der Waals surface area contributed by atoms with Gasteiger partial charge >= 0.3 is 0 Å². The van der Waals surface area contributed by atoms with Crippen molar-refractivity contribution in [3.63, 3.8) is 0 Å². The summed E-state index contributed by atoms with van der Waals surface area (Å²) < 4.78 is 2.08. The van der Waals surface area contributed by atoms with E-state index < -0.39 is 5.60 Å². The first-order valence-corrected chi connectivity index (χ1v) is 11.0. The molecule has 8 nitrogen and oxygen atoms in total. The number of hydrogen-bond acceptors (Lipinski definition) is 7. The zero-order chi connectivity index (χ0) is 22.6. The van der Waals surface area contributed by atoms with Crippen molar-refractivity contribution in [1.82, 2.24) is 19.5 Å². The van der Waals surface area contributed by atoms with E-state index in [0.29, 0.717) is 47.4 Å². The standard InChI is InChI=1S/C22H31ClN6O2/c1-5-15(6-2)29-13-26-17-19(25-12-14-8-7-9-16(23)18(14)30)27-21(28-20(17)29)24-11-10-22(3,4)31/h7-9,13,15,30-31H,5-6,10-12H2,1-4H3,(H2,24,25,27,28). The van der Waals surface area contributed by atoms with E-state index in [-0.39, 0.29) is 11.8 Å². The molecular formula is C22H31ClN6O2. The van der Waals surface area contributed by atoms with Gasteiger partial charge < -0.3 is 25.4 Å². The summed E-state index contributed by atoms with van der Waals surface area (Å²) in [5.41, 5.74) is 1.29. The molecule has 0 aliphatic rings. The summed E-state index contributed by atoms with van der Waals surface area (Å²) in [6.07, 6.45) is 4.29. The van der Waals surface area contributed by atoms with Gasteiger partial charge in [-0.25, -0.2) is 4.98 Å². The zero-order valence-electron chi connectivity index (χ0n) is 18.5. The van der Waals surface area contributed by atoms with Crippen molar-refractivity contribution in [1.29, 1.82) is 0 Å². The zero-order valence-corrected chi connectivity index (χ0v) is 19.2. The predicted octanol–water partition coefficient (Wildman–Crippen LogP) is 4.73. The molecule has 0 aliphatic carbocycles. The number of aliphatic hydroxyl groups is 1. The van der Waals surface area contributed by atoms with Crippen LogP contribution in [0.3, 0.4) is 0 Å². The Bertz CT molecular complexity index is 1030. The molecule has 0 atom stereocenters. The van der Waals surface area contributed by atoms with Crippen LogP contribution >= 0.6 is 11.6 Å². The van der Waals surface area contributed by atoms with Gasteiger partial charge in [0.2, 0.25) is 5.95 Å². The van der Waals surface area contributed by atoms with E-state index in [4.69, 9.17) is 16.6 Å². The Kier molecular flexibility index (Phi) is 7.23. The number of rotatable bonds is 10. The molecule has 0 unspecified atom stereocenters. The highest BCUT2D eigenvalue weighted by atomic mass is 35.5. The van der Waals surface area contributed by atoms with Crippen LogP contribution in [-0.2, 0) is 6.54 Å². The molecule has 0 bridgehead atoms. The molecule has 0 saturated carbocycles. The Morgan fingerprint density at radius 2 is 1.90 bits per heavy atom. The second-order valence-corrected chi connectivity index (χ2v) is 8.69. The van der Waals surface area contributed by atoms with Crippen LogP contribution in [0.1, 0.15) is 58.6 Å². The van der Waals surface area contributed by atoms with Crippen LogP contribution in [-0.4, -0.2) is 41.9 Å². The number of phenols is 1. The maximum absolute atomic E-state index is 10.2. The van der Waals surface area contributed by atoms with Gasteiger partial charge in [-0.15, -0.1) is 0 Å². The lowest BCUT2D eigenvalue weighted by atomic mass is 10.1. The summed E-state index contributed by atoms with van der Waals surface area (Å²) in [6.45, 7) is 8.69. The van der Waals surface area contributed by atoms with Gasteiger partial charge in [0, 0.05) is 24.7 Å². The summed E-state index contributed by atoms with van der Waals surface area (Å²) in [5.74, 6) is 1.08. The SMILES string of the molecule is CCC(CC)n1cnc2c(NCc3cccc(Cl)c3O)nc(NCCC(C)(C)O)nc21. The number of benzene rings is 1. The molecule has 0 fully saturated rings. The molecule has 0 spiro atoms. The minimum absolute atomic E-state index is 0.0491. The minimum Gasteiger partial charge on any atom is -0.506 e. The molecule has 4 N–H and O–H groups in total. The first-order valence-electron chi connectivity index (χ1n) is 10.6. The summed E-state index contributed by atoms with van der Waals surface area (Å²) >= 11 is 6.03. The number of fused-ring (bicyclic) bond motifs is 1. The van der Waals surface area contributed by atoms with Crippen molar-refractivity contribution in [2.45, 2.75) is 65.1 Å². The van der Waals surface area contributed by atoms with Crippen LogP contribution in [0.4, 0.5) is 11.8 Å². The van der Waals surface area contributed by atoms with Gasteiger partial charge in [0.25, 0.3) is 0 Å². The van der Waals surface area contributed by atoms with E-state index in [1.165, 1.54) is 0 Å². The second kappa shape index (κ2) is 9.70. The Morgan fingerprint density at radius 3 is 2.58 bits per heavy atom. The van der Waals surface area contributed by atoms with E-state index in [0.717, 1.165) is 18.5 Å². The maximum atomic E-state index is 10.2. The number of nitrogens with one attached hydrogen (secondary N) is 2. The molecule has 0 aliphatic heterocycles. The number of phenolic OH excluding ortho intramolecular Hbond substituents is 1. The Balaban J connectivity index is 1.94. The van der Waals surface area contributed by atoms with E-state index in [9.17, 15) is 10.2 Å². The Hall–Kier alpha value is -2.58. The van der Waals surface area contributed by atoms with Crippen molar-refractivity contribution >= 4 is 34.5 Å². The number of aromatic hydroxyl groups is 1. The fraction of sp³-hybridized carbons (Fsp3) is 0.500. The number of aromatic nitrogens is 4. The van der Waals surface area contributed by atoms with Crippen LogP contribution in [0.5, 0.6) is 5.75 Å². The number of halogens is 1. The van der Waals surface area contributed by atoms with Crippen molar-refractivity contribution in [2.24, 2.45) is 0 Å². The highest BCUT2D eigenvalue weighted by Crippen LogP contribution is 2.29. The highest BCUT2D eigenvalue weighted by molar-refractivity contribution is 6.32. The number of nitrogens with zero attached hydrogens (tertiary/aromatic N) is 4. The molecule has 0 amide bonds. The molecule has 2 heterocycles. The van der Waals surface area contributed by atoms with Crippen LogP contribution in [0.25, 0.3) is 11.2 Å². The molecule has 3 rings (SSSR count). The third kappa shape index (κ3) is 5.57. The maximum Gasteiger partial charge on any atom is 0.226 e. The lowest BCUT2D eigenvalue weighted by molar-refractivity contribution is 0.0748. The predicted molar refractivity (Wildman–Crippen MR) is 125 cm³/mol. The van der Waals surface area contributed by atoms with Crippen LogP contribution in [0.2, 0.25) is 5.02 Å². The Morgan fingerprint density at radius 1 is 1.16 bits per heavy atom. The normalized spacial score (nSPS) is 12.0. The molecule has 0 radical (unpaired) electrons. The van der Waals surface area contributed by atoms with Gasteiger partial charge in [-0.2, -0.15) is 9.97 Å². The third-order valence-corrected chi connectivity index (χ3v) is 5.60. The van der Waals surface area contributed by atoms with Crippen molar-refractivity contribution < 1.29 is 10.2 Å². The van der Waals surface area contributed by atoms with Gasteiger partial charge in [-0.1, -0.05) is 37.6 Å². The quantitative estimate of drug-likeness (QED) is 0.356. The van der Waals surface area contributed by atoms with Gasteiger partial charge in [0.15, 0.2) is 17.0 Å². The largest absolute Gasteiger partial charge is 0.506 e. The number of imidazole rings is 1. The van der Waals surface area contributed by atoms with Crippen LogP contribution in [0.15, 0.2) is 24.5 Å². The van der Waals surface area contributed by atoms with Gasteiger partial charge in [-0.3, -0.25) is 0 Å². The summed E-state index contributed by atoms with van der Waals surface area (Å²) in [7, 11) is 0. The summed E-state index contributed by atoms with van der Waals surface area (Å²) in [6, 6.07) is 5.53. The highest BCUT2D eigenvalue weighted by Gasteiger charge is 2.18. The molecule has 31 heavy (non-hydrogen) atoms. The molecule has 0 saturated heterocycles. The number of para-hydroxylation sites is 1. The van der Waals surface area contributed by atoms with Crippen LogP contribution in [0, 0.1) is 0 Å². The number of anilines is 2. The molecule has 9 heteroatoms. The molecule has 3 aromatic rings. The van der Waals surface area contributed by atoms with Crippen molar-refractivity contribution in [3.8, 4) is 5.75 Å². The van der Waals surface area contributed by atoms with E-state index >= 15 is 0 Å². The molecular weight excluding hydrogens is 416 g/mol. The second-order valence-electron chi connectivity index (χ2n) is 8.28. The smallest absolute Gasteiger partial charge is 0.226 e. The molecule has 1 aromatic carbocycles. The fourth-order valence-corrected chi connectivity index (χ4v) is 3.62. The minimum atomic E-state index is -0.778.